The maximum absolute atomic E-state index is 13.1. The highest BCUT2D eigenvalue weighted by Crippen LogP contribution is 2.31. The van der Waals surface area contributed by atoms with E-state index in [1.165, 1.54) is 35.5 Å². The van der Waals surface area contributed by atoms with Gasteiger partial charge in [-0.05, 0) is 43.4 Å². The van der Waals surface area contributed by atoms with Crippen LogP contribution in [0.25, 0.3) is 0 Å². The summed E-state index contributed by atoms with van der Waals surface area (Å²) >= 11 is 1.78. The molecule has 0 amide bonds. The Labute approximate surface area is 147 Å². The molecule has 5 heteroatoms. The number of hydrogen-bond acceptors (Lipinski definition) is 4. The minimum Gasteiger partial charge on any atom is -0.297 e. The van der Waals surface area contributed by atoms with Crippen molar-refractivity contribution in [1.29, 1.82) is 0 Å². The second-order valence-electron chi connectivity index (χ2n) is 7.21. The van der Waals surface area contributed by atoms with Crippen LogP contribution < -0.4 is 0 Å². The number of aromatic nitrogens is 1. The standard InChI is InChI=1S/C19H24FN3S/c1-14-19(24-13-21-14)12-23-10-16-4-7-18(23)11-22(9-16)8-15-2-5-17(20)6-3-15/h2-3,5-6,13,16,18H,4,7-12H2,1H3/t16-,18+/m0/s1. The molecule has 128 valence electrons. The van der Waals surface area contributed by atoms with Crippen molar-refractivity contribution < 1.29 is 4.39 Å². The fourth-order valence-electron chi connectivity index (χ4n) is 4.11. The third-order valence-electron chi connectivity index (χ3n) is 5.41. The smallest absolute Gasteiger partial charge is 0.123 e. The van der Waals surface area contributed by atoms with Gasteiger partial charge in [0.25, 0.3) is 0 Å². The summed E-state index contributed by atoms with van der Waals surface area (Å²) in [6, 6.07) is 7.60. The molecule has 0 spiro atoms. The van der Waals surface area contributed by atoms with Gasteiger partial charge in [0.05, 0.1) is 11.2 Å². The second-order valence-corrected chi connectivity index (χ2v) is 8.15. The Hall–Kier alpha value is -1.30. The molecule has 0 N–H and O–H groups in total. The number of fused-ring (bicyclic) bond motifs is 4. The average molecular weight is 345 g/mol. The molecule has 0 radical (unpaired) electrons. The molecule has 3 saturated heterocycles. The van der Waals surface area contributed by atoms with Crippen molar-refractivity contribution in [3.63, 3.8) is 0 Å². The lowest BCUT2D eigenvalue weighted by Crippen LogP contribution is -2.43. The van der Waals surface area contributed by atoms with Crippen LogP contribution in [0, 0.1) is 18.7 Å². The van der Waals surface area contributed by atoms with Crippen LogP contribution in [0.2, 0.25) is 0 Å². The summed E-state index contributed by atoms with van der Waals surface area (Å²) in [5, 5.41) is 0. The lowest BCUT2D eigenvalue weighted by atomic mass is 9.95. The number of benzene rings is 1. The van der Waals surface area contributed by atoms with E-state index in [0.717, 1.165) is 32.1 Å². The van der Waals surface area contributed by atoms with Crippen molar-refractivity contribution in [2.45, 2.75) is 38.9 Å². The topological polar surface area (TPSA) is 19.4 Å². The maximum Gasteiger partial charge on any atom is 0.123 e. The normalized spacial score (nSPS) is 25.1. The van der Waals surface area contributed by atoms with E-state index in [1.54, 1.807) is 23.5 Å². The number of halogens is 1. The predicted octanol–water partition coefficient (Wildman–Crippen LogP) is 3.69. The van der Waals surface area contributed by atoms with Crippen molar-refractivity contribution in [3.05, 3.63) is 51.7 Å². The van der Waals surface area contributed by atoms with Gasteiger partial charge in [-0.25, -0.2) is 9.37 Å². The Kier molecular flexibility index (Phi) is 4.66. The number of aryl methyl sites for hydroxylation is 1. The highest BCUT2D eigenvalue weighted by Gasteiger charge is 2.34. The van der Waals surface area contributed by atoms with Gasteiger partial charge in [-0.2, -0.15) is 0 Å². The molecule has 3 fully saturated rings. The molecule has 24 heavy (non-hydrogen) atoms. The summed E-state index contributed by atoms with van der Waals surface area (Å²) in [6.45, 7) is 7.56. The number of piperidine rings is 1. The number of rotatable bonds is 4. The van der Waals surface area contributed by atoms with E-state index in [1.807, 2.05) is 17.6 Å². The van der Waals surface area contributed by atoms with Crippen LogP contribution in [0.15, 0.2) is 29.8 Å². The molecule has 2 bridgehead atoms. The van der Waals surface area contributed by atoms with Crippen LogP contribution in [0.5, 0.6) is 0 Å². The van der Waals surface area contributed by atoms with Crippen molar-refractivity contribution >= 4 is 11.3 Å². The zero-order chi connectivity index (χ0) is 16.5. The predicted molar refractivity (Wildman–Crippen MR) is 95.5 cm³/mol. The first kappa shape index (κ1) is 16.2. The van der Waals surface area contributed by atoms with Crippen LogP contribution in [-0.4, -0.2) is 40.5 Å². The van der Waals surface area contributed by atoms with Gasteiger partial charge in [0, 0.05) is 43.6 Å². The zero-order valence-electron chi connectivity index (χ0n) is 14.1. The molecule has 3 aliphatic rings. The lowest BCUT2D eigenvalue weighted by molar-refractivity contribution is 0.124. The molecular weight excluding hydrogens is 321 g/mol. The van der Waals surface area contributed by atoms with Crippen molar-refractivity contribution in [1.82, 2.24) is 14.8 Å². The summed E-state index contributed by atoms with van der Waals surface area (Å²) in [7, 11) is 0. The second kappa shape index (κ2) is 6.90. The molecule has 0 unspecified atom stereocenters. The van der Waals surface area contributed by atoms with E-state index in [0.29, 0.717) is 6.04 Å². The average Bonchev–Trinajstić information content (AvgIpc) is 2.79. The first-order valence-corrected chi connectivity index (χ1v) is 9.65. The van der Waals surface area contributed by atoms with Crippen LogP contribution >= 0.6 is 11.3 Å². The maximum atomic E-state index is 13.1. The summed E-state index contributed by atoms with van der Waals surface area (Å²) in [5.41, 5.74) is 4.35. The monoisotopic (exact) mass is 345 g/mol. The third kappa shape index (κ3) is 3.53. The van der Waals surface area contributed by atoms with E-state index in [4.69, 9.17) is 0 Å². The summed E-state index contributed by atoms with van der Waals surface area (Å²) in [6.07, 6.45) is 2.63. The summed E-state index contributed by atoms with van der Waals surface area (Å²) < 4.78 is 13.1. The minimum atomic E-state index is -0.152. The molecule has 4 heterocycles. The molecule has 3 nitrogen and oxygen atoms in total. The Bertz CT molecular complexity index is 684. The fraction of sp³-hybridized carbons (Fsp3) is 0.526. The molecule has 1 aromatic heterocycles. The Morgan fingerprint density at radius 1 is 1.12 bits per heavy atom. The van der Waals surface area contributed by atoms with Gasteiger partial charge in [-0.3, -0.25) is 9.80 Å². The number of thiazole rings is 1. The first-order valence-electron chi connectivity index (χ1n) is 8.77. The Morgan fingerprint density at radius 3 is 2.71 bits per heavy atom. The SMILES string of the molecule is Cc1ncsc1CN1C[C@H]2CC[C@@H]1CN(Cc1ccc(F)cc1)C2. The van der Waals surface area contributed by atoms with Gasteiger partial charge < -0.3 is 0 Å². The van der Waals surface area contributed by atoms with Crippen LogP contribution in [0.4, 0.5) is 4.39 Å². The van der Waals surface area contributed by atoms with Gasteiger partial charge in [0.1, 0.15) is 5.82 Å². The van der Waals surface area contributed by atoms with E-state index in [2.05, 4.69) is 21.7 Å². The van der Waals surface area contributed by atoms with Crippen LogP contribution in [-0.2, 0) is 13.1 Å². The van der Waals surface area contributed by atoms with Gasteiger partial charge in [-0.15, -0.1) is 11.3 Å². The van der Waals surface area contributed by atoms with Crippen molar-refractivity contribution in [2.75, 3.05) is 19.6 Å². The molecule has 1 aromatic carbocycles. The van der Waals surface area contributed by atoms with Crippen molar-refractivity contribution in [2.24, 2.45) is 5.92 Å². The van der Waals surface area contributed by atoms with Gasteiger partial charge in [-0.1, -0.05) is 12.1 Å². The number of nitrogens with zero attached hydrogens (tertiary/aromatic N) is 3. The minimum absolute atomic E-state index is 0.152. The summed E-state index contributed by atoms with van der Waals surface area (Å²) in [4.78, 5) is 11.0. The van der Waals surface area contributed by atoms with E-state index in [9.17, 15) is 4.39 Å². The van der Waals surface area contributed by atoms with Crippen molar-refractivity contribution in [3.8, 4) is 0 Å². The molecule has 0 aliphatic carbocycles. The van der Waals surface area contributed by atoms with Gasteiger partial charge >= 0.3 is 0 Å². The Morgan fingerprint density at radius 2 is 1.96 bits per heavy atom. The quantitative estimate of drug-likeness (QED) is 0.842. The van der Waals surface area contributed by atoms with Crippen LogP contribution in [0.3, 0.4) is 0 Å². The molecule has 5 rings (SSSR count). The largest absolute Gasteiger partial charge is 0.297 e. The van der Waals surface area contributed by atoms with E-state index in [-0.39, 0.29) is 5.82 Å². The lowest BCUT2D eigenvalue weighted by Gasteiger charge is -2.36. The summed E-state index contributed by atoms with van der Waals surface area (Å²) in [5.74, 6) is 0.596. The van der Waals surface area contributed by atoms with E-state index >= 15 is 0 Å². The van der Waals surface area contributed by atoms with Crippen LogP contribution in [0.1, 0.15) is 29.0 Å². The highest BCUT2D eigenvalue weighted by molar-refractivity contribution is 7.09. The van der Waals surface area contributed by atoms with E-state index < -0.39 is 0 Å². The van der Waals surface area contributed by atoms with Gasteiger partial charge in [0.15, 0.2) is 0 Å². The molecule has 0 saturated carbocycles. The number of hydrogen-bond donors (Lipinski definition) is 0. The molecule has 2 aromatic rings. The molecule has 2 atom stereocenters. The Balaban J connectivity index is 1.44. The van der Waals surface area contributed by atoms with Gasteiger partial charge in [0.2, 0.25) is 0 Å². The highest BCUT2D eigenvalue weighted by atomic mass is 32.1. The first-order chi connectivity index (χ1) is 11.7. The fourth-order valence-corrected chi connectivity index (χ4v) is 4.91. The zero-order valence-corrected chi connectivity index (χ0v) is 14.9. The third-order valence-corrected chi connectivity index (χ3v) is 6.33. The molecule has 3 aliphatic heterocycles. The molecular formula is C19H24FN3S.